The summed E-state index contributed by atoms with van der Waals surface area (Å²) in [6, 6.07) is 0. The second kappa shape index (κ2) is 6.42. The van der Waals surface area contributed by atoms with Crippen LogP contribution in [0.2, 0.25) is 0 Å². The van der Waals surface area contributed by atoms with Gasteiger partial charge in [0.15, 0.2) is 0 Å². The average Bonchev–Trinajstić information content (AvgIpc) is 1.61. The van der Waals surface area contributed by atoms with Crippen molar-refractivity contribution in [2.24, 2.45) is 0 Å². The zero-order valence-electron chi connectivity index (χ0n) is 3.67. The molecule has 3 heteroatoms. The van der Waals surface area contributed by atoms with Gasteiger partial charge in [-0.15, -0.1) is 0 Å². The van der Waals surface area contributed by atoms with Gasteiger partial charge in [-0.2, -0.15) is 0 Å². The Morgan fingerprint density at radius 1 is 1.83 bits per heavy atom. The van der Waals surface area contributed by atoms with E-state index in [2.05, 4.69) is 23.9 Å². The molecule has 0 saturated heterocycles. The van der Waals surface area contributed by atoms with E-state index in [1.165, 1.54) is 11.0 Å². The molecule has 1 N–H and O–H groups in total. The third kappa shape index (κ3) is 5.42. The fourth-order valence-electron chi connectivity index (χ4n) is 0.130. The number of hydrogen-bond acceptors (Lipinski definition) is 1. The number of alkyl halides is 1. The summed E-state index contributed by atoms with van der Waals surface area (Å²) in [5, 5.41) is 3.09. The van der Waals surface area contributed by atoms with Gasteiger partial charge >= 0.3 is 59.2 Å². The quantitative estimate of drug-likeness (QED) is 0.349. The van der Waals surface area contributed by atoms with Gasteiger partial charge in [-0.3, -0.25) is 0 Å². The molecule has 0 fully saturated rings. The van der Waals surface area contributed by atoms with E-state index in [4.69, 9.17) is 0 Å². The summed E-state index contributed by atoms with van der Waals surface area (Å²) < 4.78 is 1.40. The summed E-state index contributed by atoms with van der Waals surface area (Å²) in [7, 11) is 2.00. The summed E-state index contributed by atoms with van der Waals surface area (Å²) in [4.78, 5) is 0. The normalized spacial score (nSPS) is 9.67. The maximum absolute atomic E-state index is 3.09. The predicted molar refractivity (Wildman–Crippen MR) is 32.8 cm³/mol. The van der Waals surface area contributed by atoms with Crippen LogP contribution in [0.5, 0.6) is 0 Å². The van der Waals surface area contributed by atoms with Crippen LogP contribution < -0.4 is 22.5 Å². The molecule has 0 aromatic heterocycles. The van der Waals surface area contributed by atoms with Gasteiger partial charge < -0.3 is 0 Å². The standard InChI is InChI=1S/C3H8I2N/c1-6-3-2-5-4/h6H,2-3H2,1H3/q-1. The van der Waals surface area contributed by atoms with Crippen LogP contribution in [0.1, 0.15) is 0 Å². The number of rotatable bonds is 3. The molecule has 0 saturated carbocycles. The Hall–Kier alpha value is 1.42. The Balaban J connectivity index is 2.34. The summed E-state index contributed by atoms with van der Waals surface area (Å²) >= 11 is 2.99. The van der Waals surface area contributed by atoms with Crippen LogP contribution >= 0.6 is 18.6 Å². The Kier molecular flexibility index (Phi) is 7.94. The number of hydrogen-bond donors (Lipinski definition) is 1. The molecular formula is C3H8I2N-. The second-order valence-electron chi connectivity index (χ2n) is 0.894. The van der Waals surface area contributed by atoms with Crippen LogP contribution in [0.25, 0.3) is 0 Å². The van der Waals surface area contributed by atoms with Crippen LogP contribution in [-0.4, -0.2) is 18.0 Å². The number of nitrogens with one attached hydrogen (secondary N) is 1. The zero-order valence-corrected chi connectivity index (χ0v) is 7.99. The van der Waals surface area contributed by atoms with Gasteiger partial charge in [0, 0.05) is 0 Å². The van der Waals surface area contributed by atoms with E-state index in [1.54, 1.807) is 0 Å². The van der Waals surface area contributed by atoms with E-state index in [-0.39, 0.29) is 0 Å². The summed E-state index contributed by atoms with van der Waals surface area (Å²) in [6.45, 7) is 1.20. The first-order chi connectivity index (χ1) is 2.91. The zero-order chi connectivity index (χ0) is 4.83. The Morgan fingerprint density at radius 2 is 2.50 bits per heavy atom. The third-order valence-corrected chi connectivity index (χ3v) is 4.10. The molecule has 40 valence electrons. The molecule has 0 aromatic rings. The molecule has 0 radical (unpaired) electrons. The van der Waals surface area contributed by atoms with E-state index in [0.29, 0.717) is 17.2 Å². The van der Waals surface area contributed by atoms with Crippen LogP contribution in [0.3, 0.4) is 0 Å². The maximum atomic E-state index is 3.09. The van der Waals surface area contributed by atoms with Crippen molar-refractivity contribution in [1.29, 1.82) is 0 Å². The first kappa shape index (κ1) is 7.42. The first-order valence-electron chi connectivity index (χ1n) is 1.76. The summed E-state index contributed by atoms with van der Waals surface area (Å²) in [6.07, 6.45) is 0. The Morgan fingerprint density at radius 3 is 2.67 bits per heavy atom. The van der Waals surface area contributed by atoms with Gasteiger partial charge in [-0.05, 0) is 0 Å². The molecule has 0 aromatic carbocycles. The van der Waals surface area contributed by atoms with Gasteiger partial charge in [0.25, 0.3) is 0 Å². The van der Waals surface area contributed by atoms with Crippen molar-refractivity contribution in [2.45, 2.75) is 0 Å². The molecule has 0 bridgehead atoms. The molecule has 0 spiro atoms. The molecule has 0 rings (SSSR count). The van der Waals surface area contributed by atoms with E-state index < -0.39 is 0 Å². The van der Waals surface area contributed by atoms with Gasteiger partial charge in [0.05, 0.1) is 0 Å². The molecule has 0 amide bonds. The van der Waals surface area contributed by atoms with Crippen LogP contribution in [0.15, 0.2) is 0 Å². The fraction of sp³-hybridized carbons (Fsp3) is 1.00. The first-order valence-corrected chi connectivity index (χ1v) is 9.57. The molecule has 0 atom stereocenters. The second-order valence-corrected chi connectivity index (χ2v) is 6.42. The molecule has 0 unspecified atom stereocenters. The van der Waals surface area contributed by atoms with Crippen molar-refractivity contribution in [3.63, 3.8) is 0 Å². The average molecular weight is 312 g/mol. The van der Waals surface area contributed by atoms with Gasteiger partial charge in [0.1, 0.15) is 0 Å². The van der Waals surface area contributed by atoms with E-state index in [9.17, 15) is 0 Å². The molecule has 0 aliphatic carbocycles. The van der Waals surface area contributed by atoms with Crippen LogP contribution in [0.4, 0.5) is 0 Å². The van der Waals surface area contributed by atoms with Crippen LogP contribution in [-0.2, 0) is 0 Å². The molecular weight excluding hydrogens is 304 g/mol. The van der Waals surface area contributed by atoms with E-state index in [1.807, 2.05) is 7.05 Å². The van der Waals surface area contributed by atoms with Crippen molar-refractivity contribution < 1.29 is 17.2 Å². The summed E-state index contributed by atoms with van der Waals surface area (Å²) in [5.41, 5.74) is 0. The molecule has 6 heavy (non-hydrogen) atoms. The van der Waals surface area contributed by atoms with Crippen molar-refractivity contribution >= 4 is 18.6 Å². The van der Waals surface area contributed by atoms with Gasteiger partial charge in [-0.1, -0.05) is 0 Å². The van der Waals surface area contributed by atoms with Crippen molar-refractivity contribution in [1.82, 2.24) is 5.32 Å². The molecule has 0 heterocycles. The van der Waals surface area contributed by atoms with Crippen molar-refractivity contribution in [3.8, 4) is 0 Å². The Bertz CT molecular complexity index is 20.8. The van der Waals surface area contributed by atoms with E-state index >= 15 is 0 Å². The third-order valence-electron chi connectivity index (χ3n) is 0.416. The molecule has 1 nitrogen and oxygen atoms in total. The minimum atomic E-state index is 0.509. The van der Waals surface area contributed by atoms with Gasteiger partial charge in [0.2, 0.25) is 0 Å². The minimum absolute atomic E-state index is 0.509. The monoisotopic (exact) mass is 312 g/mol. The fourth-order valence-corrected chi connectivity index (χ4v) is 2.24. The summed E-state index contributed by atoms with van der Waals surface area (Å²) in [5.74, 6) is 0. The molecule has 0 aliphatic heterocycles. The van der Waals surface area contributed by atoms with Gasteiger partial charge in [-0.25, -0.2) is 0 Å². The van der Waals surface area contributed by atoms with E-state index in [0.717, 1.165) is 0 Å². The van der Waals surface area contributed by atoms with Crippen molar-refractivity contribution in [2.75, 3.05) is 18.0 Å². The topological polar surface area (TPSA) is 12.0 Å². The number of halogens is 2. The predicted octanol–water partition coefficient (Wildman–Crippen LogP) is -2.36. The molecule has 0 aliphatic rings. The SMILES string of the molecule is CNCC[I-]I. The van der Waals surface area contributed by atoms with Crippen LogP contribution in [0, 0.1) is 0 Å². The van der Waals surface area contributed by atoms with Crippen molar-refractivity contribution in [3.05, 3.63) is 0 Å². The Labute approximate surface area is 58.7 Å².